The van der Waals surface area contributed by atoms with E-state index in [4.69, 9.17) is 9.51 Å². The zero-order chi connectivity index (χ0) is 22.1. The van der Waals surface area contributed by atoms with Gasteiger partial charge in [-0.05, 0) is 26.0 Å². The van der Waals surface area contributed by atoms with Gasteiger partial charge in [-0.25, -0.2) is 4.98 Å². The van der Waals surface area contributed by atoms with Gasteiger partial charge in [-0.15, -0.1) is 0 Å². The van der Waals surface area contributed by atoms with Crippen LogP contribution < -0.4 is 0 Å². The highest BCUT2D eigenvalue weighted by atomic mass is 16.5. The van der Waals surface area contributed by atoms with E-state index in [0.717, 1.165) is 53.2 Å². The predicted molar refractivity (Wildman–Crippen MR) is 124 cm³/mol. The van der Waals surface area contributed by atoms with E-state index in [1.54, 1.807) is 0 Å². The fraction of sp³-hybridized carbons (Fsp3) is 0.269. The number of nitrogens with zero attached hydrogens (tertiary/aromatic N) is 4. The van der Waals surface area contributed by atoms with Crippen molar-refractivity contribution in [3.05, 3.63) is 83.2 Å². The summed E-state index contributed by atoms with van der Waals surface area (Å²) in [5.74, 6) is 0.928. The molecule has 162 valence electrons. The van der Waals surface area contributed by atoms with E-state index in [2.05, 4.69) is 41.2 Å². The van der Waals surface area contributed by atoms with Crippen LogP contribution in [0.4, 0.5) is 0 Å². The molecule has 4 aromatic rings. The first-order valence-corrected chi connectivity index (χ1v) is 11.0. The van der Waals surface area contributed by atoms with Crippen molar-refractivity contribution in [2.45, 2.75) is 20.4 Å². The minimum Gasteiger partial charge on any atom is -0.360 e. The summed E-state index contributed by atoms with van der Waals surface area (Å²) in [5, 5.41) is 4.86. The van der Waals surface area contributed by atoms with Crippen molar-refractivity contribution in [1.82, 2.24) is 19.9 Å². The van der Waals surface area contributed by atoms with Crippen molar-refractivity contribution in [1.29, 1.82) is 0 Å². The van der Waals surface area contributed by atoms with Crippen LogP contribution in [0, 0.1) is 13.8 Å². The molecule has 2 aromatic carbocycles. The SMILES string of the molecule is Cc1ccc(-c2cc(C(=O)N3CCN(Cc4cc(C)no4)CC3)c3ccccc3n2)cc1. The second-order valence-electron chi connectivity index (χ2n) is 8.44. The fourth-order valence-corrected chi connectivity index (χ4v) is 4.22. The Morgan fingerprint density at radius 3 is 2.44 bits per heavy atom. The van der Waals surface area contributed by atoms with Gasteiger partial charge in [0.2, 0.25) is 0 Å². The van der Waals surface area contributed by atoms with Gasteiger partial charge in [-0.3, -0.25) is 9.69 Å². The molecule has 6 heteroatoms. The van der Waals surface area contributed by atoms with Gasteiger partial charge in [0.15, 0.2) is 5.76 Å². The molecule has 1 saturated heterocycles. The van der Waals surface area contributed by atoms with Crippen molar-refractivity contribution in [2.24, 2.45) is 0 Å². The number of para-hydroxylation sites is 1. The van der Waals surface area contributed by atoms with E-state index in [1.165, 1.54) is 5.56 Å². The second-order valence-corrected chi connectivity index (χ2v) is 8.44. The summed E-state index contributed by atoms with van der Waals surface area (Å²) < 4.78 is 5.34. The monoisotopic (exact) mass is 426 g/mol. The number of hydrogen-bond donors (Lipinski definition) is 0. The topological polar surface area (TPSA) is 62.5 Å². The maximum absolute atomic E-state index is 13.6. The maximum atomic E-state index is 13.6. The molecule has 1 fully saturated rings. The van der Waals surface area contributed by atoms with Crippen LogP contribution in [0.1, 0.15) is 27.4 Å². The normalized spacial score (nSPS) is 14.8. The second kappa shape index (κ2) is 8.55. The van der Waals surface area contributed by atoms with Crippen LogP contribution in [-0.2, 0) is 6.54 Å². The molecule has 0 N–H and O–H groups in total. The Hall–Kier alpha value is -3.51. The summed E-state index contributed by atoms with van der Waals surface area (Å²) in [6.45, 7) is 7.69. The smallest absolute Gasteiger partial charge is 0.254 e. The van der Waals surface area contributed by atoms with Gasteiger partial charge in [-0.2, -0.15) is 0 Å². The summed E-state index contributed by atoms with van der Waals surface area (Å²) in [6.07, 6.45) is 0. The quantitative estimate of drug-likeness (QED) is 0.482. The minimum absolute atomic E-state index is 0.0621. The molecule has 32 heavy (non-hydrogen) atoms. The number of hydrogen-bond acceptors (Lipinski definition) is 5. The van der Waals surface area contributed by atoms with Crippen LogP contribution in [0.25, 0.3) is 22.2 Å². The number of pyridine rings is 1. The molecule has 0 aliphatic carbocycles. The van der Waals surface area contributed by atoms with Crippen LogP contribution in [0.15, 0.2) is 65.2 Å². The molecule has 0 unspecified atom stereocenters. The molecule has 1 aliphatic rings. The number of aryl methyl sites for hydroxylation is 2. The average Bonchev–Trinajstić information content (AvgIpc) is 3.23. The van der Waals surface area contributed by atoms with Crippen molar-refractivity contribution in [2.75, 3.05) is 26.2 Å². The summed E-state index contributed by atoms with van der Waals surface area (Å²) in [6, 6.07) is 20.1. The number of carbonyl (C=O) groups is 1. The molecule has 0 atom stereocenters. The van der Waals surface area contributed by atoms with E-state index in [9.17, 15) is 4.79 Å². The van der Waals surface area contributed by atoms with Gasteiger partial charge < -0.3 is 9.42 Å². The number of rotatable bonds is 4. The van der Waals surface area contributed by atoms with Gasteiger partial charge in [0.1, 0.15) is 0 Å². The molecular formula is C26H26N4O2. The lowest BCUT2D eigenvalue weighted by molar-refractivity contribution is 0.0619. The van der Waals surface area contributed by atoms with Crippen molar-refractivity contribution in [3.8, 4) is 11.3 Å². The van der Waals surface area contributed by atoms with Crippen LogP contribution in [-0.4, -0.2) is 52.0 Å². The highest BCUT2D eigenvalue weighted by molar-refractivity contribution is 6.07. The molecule has 6 nitrogen and oxygen atoms in total. The van der Waals surface area contributed by atoms with E-state index in [0.29, 0.717) is 18.7 Å². The number of piperazine rings is 1. The summed E-state index contributed by atoms with van der Waals surface area (Å²) in [7, 11) is 0. The molecule has 3 heterocycles. The van der Waals surface area contributed by atoms with Crippen LogP contribution in [0.2, 0.25) is 0 Å². The number of fused-ring (bicyclic) bond motifs is 1. The molecule has 0 radical (unpaired) electrons. The molecular weight excluding hydrogens is 400 g/mol. The molecule has 1 amide bonds. The summed E-state index contributed by atoms with van der Waals surface area (Å²) >= 11 is 0. The first kappa shape index (κ1) is 20.4. The Balaban J connectivity index is 1.39. The Labute approximate surface area is 187 Å². The Morgan fingerprint density at radius 1 is 0.969 bits per heavy atom. The number of carbonyl (C=O) groups excluding carboxylic acids is 1. The van der Waals surface area contributed by atoms with Gasteiger partial charge in [0.25, 0.3) is 5.91 Å². The first-order chi connectivity index (χ1) is 15.6. The van der Waals surface area contributed by atoms with Crippen LogP contribution in [0.5, 0.6) is 0 Å². The Bertz CT molecular complexity index is 1250. The van der Waals surface area contributed by atoms with Crippen molar-refractivity contribution in [3.63, 3.8) is 0 Å². The third kappa shape index (κ3) is 4.14. The van der Waals surface area contributed by atoms with Gasteiger partial charge in [-0.1, -0.05) is 53.2 Å². The molecule has 0 bridgehead atoms. The number of benzene rings is 2. The largest absolute Gasteiger partial charge is 0.360 e. The van der Waals surface area contributed by atoms with Gasteiger partial charge in [0.05, 0.1) is 29.0 Å². The van der Waals surface area contributed by atoms with E-state index < -0.39 is 0 Å². The zero-order valence-corrected chi connectivity index (χ0v) is 18.4. The Kier molecular flexibility index (Phi) is 5.45. The number of aromatic nitrogens is 2. The van der Waals surface area contributed by atoms with Gasteiger partial charge >= 0.3 is 0 Å². The molecule has 2 aromatic heterocycles. The van der Waals surface area contributed by atoms with E-state index in [1.807, 2.05) is 48.2 Å². The van der Waals surface area contributed by atoms with Gasteiger partial charge in [0, 0.05) is 43.2 Å². The maximum Gasteiger partial charge on any atom is 0.254 e. The average molecular weight is 427 g/mol. The lowest BCUT2D eigenvalue weighted by atomic mass is 10.0. The Morgan fingerprint density at radius 2 is 1.72 bits per heavy atom. The van der Waals surface area contributed by atoms with Crippen LogP contribution in [0.3, 0.4) is 0 Å². The van der Waals surface area contributed by atoms with Crippen molar-refractivity contribution < 1.29 is 9.32 Å². The zero-order valence-electron chi connectivity index (χ0n) is 18.4. The van der Waals surface area contributed by atoms with E-state index >= 15 is 0 Å². The highest BCUT2D eigenvalue weighted by Gasteiger charge is 2.25. The molecule has 1 aliphatic heterocycles. The summed E-state index contributed by atoms with van der Waals surface area (Å²) in [4.78, 5) is 22.6. The minimum atomic E-state index is 0.0621. The number of amides is 1. The fourth-order valence-electron chi connectivity index (χ4n) is 4.22. The first-order valence-electron chi connectivity index (χ1n) is 11.0. The van der Waals surface area contributed by atoms with Crippen molar-refractivity contribution >= 4 is 16.8 Å². The molecule has 5 rings (SSSR count). The third-order valence-corrected chi connectivity index (χ3v) is 6.01. The van der Waals surface area contributed by atoms with E-state index in [-0.39, 0.29) is 5.91 Å². The standard InChI is InChI=1S/C26H26N4O2/c1-18-7-9-20(10-8-18)25-16-23(22-5-3-4-6-24(22)27-25)26(31)30-13-11-29(12-14-30)17-21-15-19(2)28-32-21/h3-10,15-16H,11-14,17H2,1-2H3. The molecule has 0 spiro atoms. The summed E-state index contributed by atoms with van der Waals surface area (Å²) in [5.41, 5.74) is 5.49. The lowest BCUT2D eigenvalue weighted by Crippen LogP contribution is -2.48. The highest BCUT2D eigenvalue weighted by Crippen LogP contribution is 2.26. The third-order valence-electron chi connectivity index (χ3n) is 6.01. The van der Waals surface area contributed by atoms with Crippen LogP contribution >= 0.6 is 0 Å². The molecule has 0 saturated carbocycles. The lowest BCUT2D eigenvalue weighted by Gasteiger charge is -2.34. The predicted octanol–water partition coefficient (Wildman–Crippen LogP) is 4.46.